The van der Waals surface area contributed by atoms with Gasteiger partial charge in [-0.1, -0.05) is 23.9 Å². The molecule has 2 aromatic rings. The van der Waals surface area contributed by atoms with E-state index >= 15 is 0 Å². The highest BCUT2D eigenvalue weighted by atomic mass is 32.2. The number of thioether (sulfide) groups is 1. The Morgan fingerprint density at radius 1 is 1.21 bits per heavy atom. The van der Waals surface area contributed by atoms with Crippen molar-refractivity contribution in [3.05, 3.63) is 29.8 Å². The molecule has 0 atom stereocenters. The number of aryl methyl sites for hydroxylation is 2. The molecule has 6 heteroatoms. The van der Waals surface area contributed by atoms with E-state index in [1.165, 1.54) is 12.0 Å². The summed E-state index contributed by atoms with van der Waals surface area (Å²) in [6.07, 6.45) is 3.43. The van der Waals surface area contributed by atoms with E-state index in [4.69, 9.17) is 4.74 Å². The van der Waals surface area contributed by atoms with Crippen LogP contribution in [0.3, 0.4) is 0 Å². The molecule has 0 N–H and O–H groups in total. The van der Waals surface area contributed by atoms with Gasteiger partial charge in [0, 0.05) is 12.8 Å². The largest absolute Gasteiger partial charge is 0.497 e. The van der Waals surface area contributed by atoms with E-state index in [0.717, 1.165) is 29.5 Å². The average molecular weight is 278 g/mol. The van der Waals surface area contributed by atoms with Crippen LogP contribution in [0, 0.1) is 0 Å². The Hall–Kier alpha value is -1.56. The number of unbranched alkanes of at least 4 members (excludes halogenated alkanes) is 1. The molecule has 0 radical (unpaired) electrons. The van der Waals surface area contributed by atoms with Gasteiger partial charge in [0.1, 0.15) is 5.75 Å². The van der Waals surface area contributed by atoms with Crippen LogP contribution < -0.4 is 4.74 Å². The smallest absolute Gasteiger partial charge is 0.209 e. The quantitative estimate of drug-likeness (QED) is 0.575. The van der Waals surface area contributed by atoms with Crippen LogP contribution >= 0.6 is 11.8 Å². The lowest BCUT2D eigenvalue weighted by atomic mass is 10.1. The molecular formula is C13H18N4OS. The van der Waals surface area contributed by atoms with E-state index in [2.05, 4.69) is 27.7 Å². The van der Waals surface area contributed by atoms with Gasteiger partial charge in [0.2, 0.25) is 5.16 Å². The van der Waals surface area contributed by atoms with Crippen molar-refractivity contribution in [2.45, 2.75) is 24.4 Å². The van der Waals surface area contributed by atoms with E-state index in [1.54, 1.807) is 23.6 Å². The number of hydrogen-bond acceptors (Lipinski definition) is 5. The molecule has 0 saturated carbocycles. The topological polar surface area (TPSA) is 52.8 Å². The van der Waals surface area contributed by atoms with Crippen LogP contribution in [-0.4, -0.2) is 33.1 Å². The van der Waals surface area contributed by atoms with Crippen LogP contribution in [0.25, 0.3) is 0 Å². The van der Waals surface area contributed by atoms with Gasteiger partial charge >= 0.3 is 0 Å². The molecule has 0 aliphatic rings. The van der Waals surface area contributed by atoms with Crippen LogP contribution in [0.15, 0.2) is 29.4 Å². The Kier molecular flexibility index (Phi) is 5.20. The molecule has 0 fully saturated rings. The van der Waals surface area contributed by atoms with Crippen LogP contribution in [0.5, 0.6) is 5.75 Å². The summed E-state index contributed by atoms with van der Waals surface area (Å²) < 4.78 is 6.84. The molecule has 0 spiro atoms. The van der Waals surface area contributed by atoms with Crippen molar-refractivity contribution >= 4 is 11.8 Å². The fourth-order valence-corrected chi connectivity index (χ4v) is 2.58. The van der Waals surface area contributed by atoms with Gasteiger partial charge in [-0.25, -0.2) is 4.68 Å². The first kappa shape index (κ1) is 13.9. The number of methoxy groups -OCH3 is 1. The standard InChI is InChI=1S/C13H18N4OS/c1-17-13(14-15-16-17)19-10-4-3-5-11-6-8-12(18-2)9-7-11/h6-9H,3-5,10H2,1-2H3. The highest BCUT2D eigenvalue weighted by Crippen LogP contribution is 2.16. The maximum Gasteiger partial charge on any atom is 0.209 e. The second kappa shape index (κ2) is 7.13. The van der Waals surface area contributed by atoms with E-state index in [1.807, 2.05) is 19.2 Å². The number of rotatable bonds is 7. The van der Waals surface area contributed by atoms with Crippen molar-refractivity contribution in [3.8, 4) is 5.75 Å². The molecule has 0 aliphatic heterocycles. The van der Waals surface area contributed by atoms with Gasteiger partial charge in [0.15, 0.2) is 0 Å². The van der Waals surface area contributed by atoms with Crippen molar-refractivity contribution < 1.29 is 4.74 Å². The van der Waals surface area contributed by atoms with Crippen LogP contribution in [0.2, 0.25) is 0 Å². The maximum absolute atomic E-state index is 5.14. The number of hydrogen-bond donors (Lipinski definition) is 0. The third-order valence-electron chi connectivity index (χ3n) is 2.83. The Morgan fingerprint density at radius 2 is 2.00 bits per heavy atom. The summed E-state index contributed by atoms with van der Waals surface area (Å²) in [5.41, 5.74) is 1.35. The summed E-state index contributed by atoms with van der Waals surface area (Å²) in [6.45, 7) is 0. The van der Waals surface area contributed by atoms with Gasteiger partial charge in [-0.2, -0.15) is 0 Å². The molecule has 5 nitrogen and oxygen atoms in total. The Balaban J connectivity index is 1.65. The summed E-state index contributed by atoms with van der Waals surface area (Å²) in [7, 11) is 3.55. The molecule has 0 aliphatic carbocycles. The summed E-state index contributed by atoms with van der Waals surface area (Å²) in [5.74, 6) is 1.96. The first-order valence-electron chi connectivity index (χ1n) is 6.27. The summed E-state index contributed by atoms with van der Waals surface area (Å²) in [6, 6.07) is 8.27. The van der Waals surface area contributed by atoms with Crippen LogP contribution in [-0.2, 0) is 13.5 Å². The molecule has 0 unspecified atom stereocenters. The molecule has 19 heavy (non-hydrogen) atoms. The number of tetrazole rings is 1. The fourth-order valence-electron chi connectivity index (χ4n) is 1.73. The molecule has 1 aromatic heterocycles. The average Bonchev–Trinajstić information content (AvgIpc) is 2.85. The van der Waals surface area contributed by atoms with Gasteiger partial charge in [-0.15, -0.1) is 5.10 Å². The molecule has 2 rings (SSSR count). The molecule has 0 amide bonds. The Bertz CT molecular complexity index is 498. The highest BCUT2D eigenvalue weighted by Gasteiger charge is 2.02. The minimum Gasteiger partial charge on any atom is -0.497 e. The van der Waals surface area contributed by atoms with Crippen molar-refractivity contribution in [3.63, 3.8) is 0 Å². The zero-order valence-electron chi connectivity index (χ0n) is 11.2. The SMILES string of the molecule is COc1ccc(CCCCSc2nnnn2C)cc1. The number of benzene rings is 1. The van der Waals surface area contributed by atoms with Crippen LogP contribution in [0.4, 0.5) is 0 Å². The van der Waals surface area contributed by atoms with Crippen molar-refractivity contribution in [2.75, 3.05) is 12.9 Å². The predicted molar refractivity (Wildman–Crippen MR) is 75.5 cm³/mol. The van der Waals surface area contributed by atoms with E-state index in [0.29, 0.717) is 0 Å². The minimum absolute atomic E-state index is 0.879. The number of ether oxygens (including phenoxy) is 1. The monoisotopic (exact) mass is 278 g/mol. The lowest BCUT2D eigenvalue weighted by molar-refractivity contribution is 0.414. The Labute approximate surface area is 117 Å². The van der Waals surface area contributed by atoms with Gasteiger partial charge < -0.3 is 4.74 Å². The van der Waals surface area contributed by atoms with Crippen LogP contribution in [0.1, 0.15) is 18.4 Å². The first-order chi connectivity index (χ1) is 9.29. The fraction of sp³-hybridized carbons (Fsp3) is 0.462. The maximum atomic E-state index is 5.14. The third-order valence-corrected chi connectivity index (χ3v) is 3.93. The molecular weight excluding hydrogens is 260 g/mol. The summed E-state index contributed by atoms with van der Waals surface area (Å²) >= 11 is 1.70. The minimum atomic E-state index is 0.879. The number of aromatic nitrogens is 4. The third kappa shape index (κ3) is 4.24. The number of nitrogens with zero attached hydrogens (tertiary/aromatic N) is 4. The summed E-state index contributed by atoms with van der Waals surface area (Å²) in [4.78, 5) is 0. The first-order valence-corrected chi connectivity index (χ1v) is 7.26. The zero-order chi connectivity index (χ0) is 13.5. The lowest BCUT2D eigenvalue weighted by Gasteiger charge is -2.03. The molecule has 1 heterocycles. The van der Waals surface area contributed by atoms with Gasteiger partial charge in [-0.05, 0) is 47.4 Å². The van der Waals surface area contributed by atoms with Crippen molar-refractivity contribution in [1.82, 2.24) is 20.2 Å². The second-order valence-corrected chi connectivity index (χ2v) is 5.30. The molecule has 1 aromatic carbocycles. The molecule has 0 saturated heterocycles. The highest BCUT2D eigenvalue weighted by molar-refractivity contribution is 7.99. The van der Waals surface area contributed by atoms with E-state index in [9.17, 15) is 0 Å². The molecule has 102 valence electrons. The Morgan fingerprint density at radius 3 is 2.63 bits per heavy atom. The summed E-state index contributed by atoms with van der Waals surface area (Å²) in [5, 5.41) is 12.2. The van der Waals surface area contributed by atoms with E-state index in [-0.39, 0.29) is 0 Å². The van der Waals surface area contributed by atoms with Gasteiger partial charge in [0.05, 0.1) is 7.11 Å². The van der Waals surface area contributed by atoms with Crippen molar-refractivity contribution in [1.29, 1.82) is 0 Å². The second-order valence-electron chi connectivity index (χ2n) is 4.24. The lowest BCUT2D eigenvalue weighted by Crippen LogP contribution is -1.94. The molecule has 0 bridgehead atoms. The normalized spacial score (nSPS) is 10.6. The zero-order valence-corrected chi connectivity index (χ0v) is 12.1. The van der Waals surface area contributed by atoms with Gasteiger partial charge in [-0.3, -0.25) is 0 Å². The van der Waals surface area contributed by atoms with Gasteiger partial charge in [0.25, 0.3) is 0 Å². The van der Waals surface area contributed by atoms with E-state index < -0.39 is 0 Å². The van der Waals surface area contributed by atoms with Crippen molar-refractivity contribution in [2.24, 2.45) is 7.05 Å². The predicted octanol–water partition coefficient (Wildman–Crippen LogP) is 2.33.